The Morgan fingerprint density at radius 3 is 2.58 bits per heavy atom. The molecule has 3 nitrogen and oxygen atoms in total. The molecule has 0 rings (SSSR count). The van der Waals surface area contributed by atoms with Crippen LogP contribution in [0.3, 0.4) is 0 Å². The lowest BCUT2D eigenvalue weighted by molar-refractivity contribution is -0.125. The molecule has 1 amide bonds. The number of hydrogen-bond donors (Lipinski definition) is 1. The molecule has 0 aliphatic rings. The van der Waals surface area contributed by atoms with E-state index in [0.29, 0.717) is 13.1 Å². The van der Waals surface area contributed by atoms with Crippen LogP contribution in [0.4, 0.5) is 0 Å². The van der Waals surface area contributed by atoms with Crippen LogP contribution in [-0.4, -0.2) is 30.9 Å². The number of hydrogen-bond acceptors (Lipinski definition) is 2. The maximum atomic E-state index is 11.4. The first-order chi connectivity index (χ1) is 5.63. The maximum absolute atomic E-state index is 11.4. The highest BCUT2D eigenvalue weighted by atomic mass is 16.2. The van der Waals surface area contributed by atoms with E-state index in [9.17, 15) is 4.79 Å². The predicted octanol–water partition coefficient (Wildman–Crippen LogP) is 0.760. The molecule has 0 bridgehead atoms. The molecule has 12 heavy (non-hydrogen) atoms. The van der Waals surface area contributed by atoms with Gasteiger partial charge in [-0.15, -0.1) is 0 Å². The molecule has 0 saturated carbocycles. The topological polar surface area (TPSA) is 46.3 Å². The van der Waals surface area contributed by atoms with Crippen molar-refractivity contribution in [3.05, 3.63) is 11.6 Å². The van der Waals surface area contributed by atoms with E-state index >= 15 is 0 Å². The fourth-order valence-electron chi connectivity index (χ4n) is 0.990. The van der Waals surface area contributed by atoms with Crippen LogP contribution in [0.25, 0.3) is 0 Å². The second-order valence-electron chi connectivity index (χ2n) is 2.81. The first kappa shape index (κ1) is 11.2. The van der Waals surface area contributed by atoms with Crippen molar-refractivity contribution < 1.29 is 4.79 Å². The van der Waals surface area contributed by atoms with Gasteiger partial charge in [0.1, 0.15) is 0 Å². The molecule has 2 N–H and O–H groups in total. The van der Waals surface area contributed by atoms with Gasteiger partial charge in [-0.25, -0.2) is 0 Å². The molecule has 3 heteroatoms. The summed E-state index contributed by atoms with van der Waals surface area (Å²) in [4.78, 5) is 13.1. The van der Waals surface area contributed by atoms with Crippen LogP contribution in [0.1, 0.15) is 20.3 Å². The summed E-state index contributed by atoms with van der Waals surface area (Å²) < 4.78 is 0. The van der Waals surface area contributed by atoms with Gasteiger partial charge in [-0.3, -0.25) is 4.79 Å². The first-order valence-corrected chi connectivity index (χ1v) is 4.25. The Labute approximate surface area is 74.2 Å². The maximum Gasteiger partial charge on any atom is 0.248 e. The van der Waals surface area contributed by atoms with Crippen molar-refractivity contribution in [1.29, 1.82) is 0 Å². The zero-order chi connectivity index (χ0) is 9.56. The van der Waals surface area contributed by atoms with E-state index in [1.807, 2.05) is 19.9 Å². The zero-order valence-electron chi connectivity index (χ0n) is 8.13. The molecule has 0 aliphatic carbocycles. The van der Waals surface area contributed by atoms with Crippen LogP contribution in [-0.2, 0) is 4.79 Å². The van der Waals surface area contributed by atoms with E-state index in [-0.39, 0.29) is 5.91 Å². The smallest absolute Gasteiger partial charge is 0.248 e. The average Bonchev–Trinajstić information content (AvgIpc) is 2.04. The zero-order valence-corrected chi connectivity index (χ0v) is 8.13. The number of nitrogens with two attached hydrogens (primary N) is 1. The van der Waals surface area contributed by atoms with Crippen molar-refractivity contribution in [2.75, 3.05) is 20.1 Å². The molecule has 0 unspecified atom stereocenters. The van der Waals surface area contributed by atoms with Crippen LogP contribution in [0.5, 0.6) is 0 Å². The molecule has 0 aromatic carbocycles. The SMILES string of the molecule is CCC=C(C)C(=O)N(C)CCN. The van der Waals surface area contributed by atoms with Gasteiger partial charge in [0.25, 0.3) is 0 Å². The molecule has 0 aromatic heterocycles. The Balaban J connectivity index is 4.09. The third-order valence-electron chi connectivity index (χ3n) is 1.66. The normalized spacial score (nSPS) is 11.5. The van der Waals surface area contributed by atoms with Gasteiger partial charge < -0.3 is 10.6 Å². The number of likely N-dealkylation sites (N-methyl/N-ethyl adjacent to an activating group) is 1. The van der Waals surface area contributed by atoms with Crippen molar-refractivity contribution in [1.82, 2.24) is 4.90 Å². The van der Waals surface area contributed by atoms with Gasteiger partial charge in [0, 0.05) is 25.7 Å². The quantitative estimate of drug-likeness (QED) is 0.633. The third kappa shape index (κ3) is 3.53. The molecular weight excluding hydrogens is 152 g/mol. The predicted molar refractivity (Wildman–Crippen MR) is 50.7 cm³/mol. The van der Waals surface area contributed by atoms with Crippen molar-refractivity contribution in [2.45, 2.75) is 20.3 Å². The fourth-order valence-corrected chi connectivity index (χ4v) is 0.990. The molecule has 0 radical (unpaired) electrons. The Bertz CT molecular complexity index is 175. The molecule has 0 fully saturated rings. The highest BCUT2D eigenvalue weighted by Gasteiger charge is 2.08. The molecule has 0 aromatic rings. The van der Waals surface area contributed by atoms with Crippen LogP contribution >= 0.6 is 0 Å². The fraction of sp³-hybridized carbons (Fsp3) is 0.667. The monoisotopic (exact) mass is 170 g/mol. The summed E-state index contributed by atoms with van der Waals surface area (Å²) in [6.45, 7) is 4.98. The van der Waals surface area contributed by atoms with Gasteiger partial charge in [0.15, 0.2) is 0 Å². The standard InChI is InChI=1S/C9H18N2O/c1-4-5-8(2)9(12)11(3)7-6-10/h5H,4,6-7,10H2,1-3H3. The van der Waals surface area contributed by atoms with Gasteiger partial charge in [0.05, 0.1) is 0 Å². The summed E-state index contributed by atoms with van der Waals surface area (Å²) in [7, 11) is 1.77. The highest BCUT2D eigenvalue weighted by molar-refractivity contribution is 5.92. The Morgan fingerprint density at radius 2 is 2.17 bits per heavy atom. The molecule has 0 spiro atoms. The van der Waals surface area contributed by atoms with Crippen LogP contribution < -0.4 is 5.73 Å². The van der Waals surface area contributed by atoms with Crippen LogP contribution in [0.2, 0.25) is 0 Å². The van der Waals surface area contributed by atoms with Gasteiger partial charge in [-0.05, 0) is 13.3 Å². The van der Waals surface area contributed by atoms with Gasteiger partial charge >= 0.3 is 0 Å². The summed E-state index contributed by atoms with van der Waals surface area (Å²) in [5.41, 5.74) is 6.13. The molecule has 0 aliphatic heterocycles. The summed E-state index contributed by atoms with van der Waals surface area (Å²) in [6.07, 6.45) is 2.82. The second kappa shape index (κ2) is 5.77. The van der Waals surface area contributed by atoms with E-state index < -0.39 is 0 Å². The molecule has 0 heterocycles. The summed E-state index contributed by atoms with van der Waals surface area (Å²) in [5, 5.41) is 0. The average molecular weight is 170 g/mol. The number of carbonyl (C=O) groups is 1. The number of amides is 1. The molecule has 0 saturated heterocycles. The summed E-state index contributed by atoms with van der Waals surface area (Å²) in [5.74, 6) is 0.0716. The summed E-state index contributed by atoms with van der Waals surface area (Å²) in [6, 6.07) is 0. The van der Waals surface area contributed by atoms with E-state index in [1.54, 1.807) is 11.9 Å². The van der Waals surface area contributed by atoms with E-state index in [0.717, 1.165) is 12.0 Å². The summed E-state index contributed by atoms with van der Waals surface area (Å²) >= 11 is 0. The highest BCUT2D eigenvalue weighted by Crippen LogP contribution is 1.99. The minimum absolute atomic E-state index is 0.0716. The Hall–Kier alpha value is -0.830. The van der Waals surface area contributed by atoms with Crippen molar-refractivity contribution in [3.63, 3.8) is 0 Å². The largest absolute Gasteiger partial charge is 0.341 e. The molecule has 0 atom stereocenters. The third-order valence-corrected chi connectivity index (χ3v) is 1.66. The first-order valence-electron chi connectivity index (χ1n) is 4.25. The second-order valence-corrected chi connectivity index (χ2v) is 2.81. The lowest BCUT2D eigenvalue weighted by Gasteiger charge is -2.15. The van der Waals surface area contributed by atoms with E-state index in [1.165, 1.54) is 0 Å². The van der Waals surface area contributed by atoms with Gasteiger partial charge in [-0.1, -0.05) is 13.0 Å². The lowest BCUT2D eigenvalue weighted by Crippen LogP contribution is -2.32. The van der Waals surface area contributed by atoms with Crippen molar-refractivity contribution >= 4 is 5.91 Å². The minimum atomic E-state index is 0.0716. The Morgan fingerprint density at radius 1 is 1.58 bits per heavy atom. The molecule has 70 valence electrons. The van der Waals surface area contributed by atoms with Gasteiger partial charge in [0.2, 0.25) is 5.91 Å². The van der Waals surface area contributed by atoms with Crippen molar-refractivity contribution in [2.24, 2.45) is 5.73 Å². The van der Waals surface area contributed by atoms with E-state index in [4.69, 9.17) is 5.73 Å². The minimum Gasteiger partial charge on any atom is -0.341 e. The van der Waals surface area contributed by atoms with Crippen LogP contribution in [0, 0.1) is 0 Å². The van der Waals surface area contributed by atoms with Crippen molar-refractivity contribution in [3.8, 4) is 0 Å². The molecular formula is C9H18N2O. The lowest BCUT2D eigenvalue weighted by atomic mass is 10.2. The number of rotatable bonds is 4. The van der Waals surface area contributed by atoms with E-state index in [2.05, 4.69) is 0 Å². The van der Waals surface area contributed by atoms with Crippen LogP contribution in [0.15, 0.2) is 11.6 Å². The number of nitrogens with zero attached hydrogens (tertiary/aromatic N) is 1. The number of carbonyl (C=O) groups excluding carboxylic acids is 1. The Kier molecular flexibility index (Phi) is 5.37. The van der Waals surface area contributed by atoms with Gasteiger partial charge in [-0.2, -0.15) is 0 Å². The number of allylic oxidation sites excluding steroid dienone is 1.